The molecule has 7 nitrogen and oxygen atoms in total. The van der Waals surface area contributed by atoms with Gasteiger partial charge in [0.25, 0.3) is 5.91 Å². The van der Waals surface area contributed by atoms with Crippen molar-refractivity contribution in [2.45, 2.75) is 38.3 Å². The molecule has 7 heteroatoms. The van der Waals surface area contributed by atoms with Crippen LogP contribution in [0.15, 0.2) is 47.5 Å². The number of furan rings is 1. The maximum Gasteiger partial charge on any atom is 0.257 e. The first-order chi connectivity index (χ1) is 14.2. The van der Waals surface area contributed by atoms with Crippen LogP contribution in [-0.4, -0.2) is 58.8 Å². The van der Waals surface area contributed by atoms with Crippen LogP contribution in [-0.2, 0) is 11.3 Å². The van der Waals surface area contributed by atoms with Crippen LogP contribution in [0, 0.1) is 5.92 Å². The number of fused-ring (bicyclic) bond motifs is 1. The van der Waals surface area contributed by atoms with Crippen molar-refractivity contribution in [2.75, 3.05) is 26.2 Å². The van der Waals surface area contributed by atoms with Gasteiger partial charge in [-0.05, 0) is 43.5 Å². The lowest BCUT2D eigenvalue weighted by molar-refractivity contribution is -0.129. The van der Waals surface area contributed by atoms with E-state index in [2.05, 4.69) is 21.3 Å². The Morgan fingerprint density at radius 1 is 1.24 bits per heavy atom. The number of piperidine rings is 1. The van der Waals surface area contributed by atoms with Gasteiger partial charge in [0.15, 0.2) is 0 Å². The Balaban J connectivity index is 1.58. The normalized spacial score (nSPS) is 23.9. The molecule has 2 aromatic rings. The van der Waals surface area contributed by atoms with E-state index in [0.717, 1.165) is 44.5 Å². The van der Waals surface area contributed by atoms with Crippen LogP contribution in [0.1, 0.15) is 41.6 Å². The summed E-state index contributed by atoms with van der Waals surface area (Å²) in [6, 6.07) is 5.69. The third-order valence-corrected chi connectivity index (χ3v) is 5.97. The van der Waals surface area contributed by atoms with Gasteiger partial charge in [-0.15, -0.1) is 0 Å². The van der Waals surface area contributed by atoms with Gasteiger partial charge in [-0.25, -0.2) is 0 Å². The molecule has 2 aliphatic rings. The van der Waals surface area contributed by atoms with Gasteiger partial charge in [0.2, 0.25) is 5.91 Å². The fourth-order valence-electron chi connectivity index (χ4n) is 4.41. The number of nitrogens with zero attached hydrogens (tertiary/aromatic N) is 3. The molecule has 0 aromatic carbocycles. The second kappa shape index (κ2) is 9.22. The minimum Gasteiger partial charge on any atom is -0.472 e. The van der Waals surface area contributed by atoms with Gasteiger partial charge in [0.05, 0.1) is 17.7 Å². The molecule has 2 fully saturated rings. The molecule has 2 amide bonds. The van der Waals surface area contributed by atoms with E-state index in [4.69, 9.17) is 4.42 Å². The molecule has 4 heterocycles. The number of pyridine rings is 1. The molecule has 0 saturated carbocycles. The maximum absolute atomic E-state index is 12.9. The number of carbonyl (C=O) groups excluding carboxylic acids is 2. The predicted octanol–water partition coefficient (Wildman–Crippen LogP) is 2.31. The molecule has 1 N–H and O–H groups in total. The third-order valence-electron chi connectivity index (χ3n) is 5.97. The van der Waals surface area contributed by atoms with Gasteiger partial charge in [-0.1, -0.05) is 12.5 Å². The summed E-state index contributed by atoms with van der Waals surface area (Å²) in [6.07, 6.45) is 10.5. The molecule has 0 radical (unpaired) electrons. The number of hydrogen-bond acceptors (Lipinski definition) is 5. The standard InChI is InChI=1S/C22H28N4O3/c27-21-19-6-11-26(22(28)18-7-12-29-16-18)15-20(19)25(10-3-1-2-9-24-21)14-17-5-4-8-23-13-17/h4-5,7-8,12-13,16,19-20H,1-3,6,9-11,14-15H2,(H,24,27). The van der Waals surface area contributed by atoms with Crippen LogP contribution >= 0.6 is 0 Å². The lowest BCUT2D eigenvalue weighted by atomic mass is 9.88. The van der Waals surface area contributed by atoms with E-state index in [1.54, 1.807) is 12.3 Å². The second-order valence-electron chi connectivity index (χ2n) is 7.91. The van der Waals surface area contributed by atoms with Gasteiger partial charge >= 0.3 is 0 Å². The smallest absolute Gasteiger partial charge is 0.257 e. The summed E-state index contributed by atoms with van der Waals surface area (Å²) in [5, 5.41) is 3.11. The van der Waals surface area contributed by atoms with Crippen molar-refractivity contribution in [2.24, 2.45) is 5.92 Å². The van der Waals surface area contributed by atoms with Crippen LogP contribution in [0.3, 0.4) is 0 Å². The highest BCUT2D eigenvalue weighted by Crippen LogP contribution is 2.27. The highest BCUT2D eigenvalue weighted by Gasteiger charge is 2.39. The quantitative estimate of drug-likeness (QED) is 0.861. The molecule has 154 valence electrons. The second-order valence-corrected chi connectivity index (χ2v) is 7.91. The number of hydrogen-bond donors (Lipinski definition) is 1. The largest absolute Gasteiger partial charge is 0.472 e. The van der Waals surface area contributed by atoms with Gasteiger partial charge in [-0.2, -0.15) is 0 Å². The Morgan fingerprint density at radius 2 is 2.17 bits per heavy atom. The van der Waals surface area contributed by atoms with Gasteiger partial charge in [0.1, 0.15) is 6.26 Å². The van der Waals surface area contributed by atoms with Gasteiger partial charge in [0, 0.05) is 44.6 Å². The van der Waals surface area contributed by atoms with E-state index in [1.807, 2.05) is 17.2 Å². The van der Waals surface area contributed by atoms with E-state index in [9.17, 15) is 9.59 Å². The fourth-order valence-corrected chi connectivity index (χ4v) is 4.41. The van der Waals surface area contributed by atoms with Crippen LogP contribution in [0.5, 0.6) is 0 Å². The molecule has 0 spiro atoms. The lowest BCUT2D eigenvalue weighted by Crippen LogP contribution is -2.58. The zero-order valence-electron chi connectivity index (χ0n) is 16.6. The van der Waals surface area contributed by atoms with Crippen molar-refractivity contribution in [3.63, 3.8) is 0 Å². The van der Waals surface area contributed by atoms with E-state index in [1.165, 1.54) is 12.5 Å². The van der Waals surface area contributed by atoms with Crippen molar-refractivity contribution >= 4 is 11.8 Å². The minimum atomic E-state index is -0.113. The number of likely N-dealkylation sites (tertiary alicyclic amines) is 1. The Morgan fingerprint density at radius 3 is 2.97 bits per heavy atom. The maximum atomic E-state index is 12.9. The van der Waals surface area contributed by atoms with Gasteiger partial charge in [-0.3, -0.25) is 19.5 Å². The molecular weight excluding hydrogens is 368 g/mol. The fraction of sp³-hybridized carbons (Fsp3) is 0.500. The van der Waals surface area contributed by atoms with Crippen molar-refractivity contribution < 1.29 is 14.0 Å². The highest BCUT2D eigenvalue weighted by atomic mass is 16.3. The zero-order valence-corrected chi connectivity index (χ0v) is 16.6. The van der Waals surface area contributed by atoms with Crippen LogP contribution in [0.25, 0.3) is 0 Å². The predicted molar refractivity (Wildman–Crippen MR) is 108 cm³/mol. The molecule has 4 rings (SSSR count). The number of rotatable bonds is 3. The summed E-state index contributed by atoms with van der Waals surface area (Å²) in [5.41, 5.74) is 1.69. The Kier molecular flexibility index (Phi) is 6.24. The first-order valence-corrected chi connectivity index (χ1v) is 10.4. The number of aromatic nitrogens is 1. The van der Waals surface area contributed by atoms with Crippen molar-refractivity contribution in [3.05, 3.63) is 54.2 Å². The van der Waals surface area contributed by atoms with E-state index < -0.39 is 0 Å². The molecule has 2 saturated heterocycles. The molecule has 2 unspecified atom stereocenters. The van der Waals surface area contributed by atoms with E-state index in [0.29, 0.717) is 25.1 Å². The Labute approximate surface area is 171 Å². The van der Waals surface area contributed by atoms with Crippen LogP contribution < -0.4 is 5.32 Å². The summed E-state index contributed by atoms with van der Waals surface area (Å²) in [6.45, 7) is 3.51. The molecule has 0 bridgehead atoms. The first-order valence-electron chi connectivity index (χ1n) is 10.4. The van der Waals surface area contributed by atoms with Crippen molar-refractivity contribution in [3.8, 4) is 0 Å². The SMILES string of the molecule is O=C1NCCCCCN(Cc2cccnc2)C2CN(C(=O)c3ccoc3)CCC12. The number of carbonyl (C=O) groups is 2. The summed E-state index contributed by atoms with van der Waals surface area (Å²) in [4.78, 5) is 34.3. The molecular formula is C22H28N4O3. The highest BCUT2D eigenvalue weighted by molar-refractivity contribution is 5.94. The number of nitrogens with one attached hydrogen (secondary N) is 1. The third kappa shape index (κ3) is 4.67. The average Bonchev–Trinajstić information content (AvgIpc) is 3.29. The summed E-state index contributed by atoms with van der Waals surface area (Å²) < 4.78 is 5.09. The monoisotopic (exact) mass is 396 g/mol. The lowest BCUT2D eigenvalue weighted by Gasteiger charge is -2.44. The molecule has 29 heavy (non-hydrogen) atoms. The topological polar surface area (TPSA) is 78.7 Å². The minimum absolute atomic E-state index is 0.0158. The van der Waals surface area contributed by atoms with Crippen LogP contribution in [0.2, 0.25) is 0 Å². The van der Waals surface area contributed by atoms with E-state index >= 15 is 0 Å². The van der Waals surface area contributed by atoms with Crippen molar-refractivity contribution in [1.82, 2.24) is 20.1 Å². The van der Waals surface area contributed by atoms with E-state index in [-0.39, 0.29) is 23.8 Å². The van der Waals surface area contributed by atoms with Crippen LogP contribution in [0.4, 0.5) is 0 Å². The Hall–Kier alpha value is -2.67. The number of amides is 2. The van der Waals surface area contributed by atoms with Gasteiger partial charge < -0.3 is 14.6 Å². The van der Waals surface area contributed by atoms with Crippen molar-refractivity contribution in [1.29, 1.82) is 0 Å². The molecule has 2 atom stereocenters. The molecule has 2 aliphatic heterocycles. The summed E-state index contributed by atoms with van der Waals surface area (Å²) in [7, 11) is 0. The summed E-state index contributed by atoms with van der Waals surface area (Å²) in [5.74, 6) is -0.0299. The molecule has 2 aromatic heterocycles. The Bertz CT molecular complexity index is 809. The first kappa shape index (κ1) is 19.6. The summed E-state index contributed by atoms with van der Waals surface area (Å²) >= 11 is 0. The zero-order chi connectivity index (χ0) is 20.1. The molecule has 0 aliphatic carbocycles. The average molecular weight is 396 g/mol.